The number of anilines is 1. The first-order valence-corrected chi connectivity index (χ1v) is 7.19. The fourth-order valence-electron chi connectivity index (χ4n) is 1.95. The SMILES string of the molecule is CCCNc1nc(C(C)(CC)OC)nc(CC)c1C. The summed E-state index contributed by atoms with van der Waals surface area (Å²) >= 11 is 0. The van der Waals surface area contributed by atoms with Crippen molar-refractivity contribution in [3.63, 3.8) is 0 Å². The molecule has 0 fully saturated rings. The average molecular weight is 265 g/mol. The van der Waals surface area contributed by atoms with Gasteiger partial charge in [0.15, 0.2) is 5.82 Å². The third-order valence-electron chi connectivity index (χ3n) is 3.72. The van der Waals surface area contributed by atoms with Gasteiger partial charge in [0.1, 0.15) is 11.4 Å². The minimum Gasteiger partial charge on any atom is -0.371 e. The maximum absolute atomic E-state index is 5.62. The number of aromatic nitrogens is 2. The summed E-state index contributed by atoms with van der Waals surface area (Å²) in [7, 11) is 1.72. The molecule has 4 heteroatoms. The summed E-state index contributed by atoms with van der Waals surface area (Å²) in [5.74, 6) is 1.72. The fraction of sp³-hybridized carbons (Fsp3) is 0.733. The van der Waals surface area contributed by atoms with Crippen LogP contribution < -0.4 is 5.32 Å². The lowest BCUT2D eigenvalue weighted by atomic mass is 10.0. The van der Waals surface area contributed by atoms with Crippen LogP contribution in [0.15, 0.2) is 0 Å². The molecule has 1 heterocycles. The molecule has 0 aliphatic heterocycles. The molecule has 1 unspecified atom stereocenters. The molecule has 108 valence electrons. The third kappa shape index (κ3) is 3.44. The highest BCUT2D eigenvalue weighted by atomic mass is 16.5. The number of rotatable bonds is 7. The molecule has 0 saturated heterocycles. The maximum Gasteiger partial charge on any atom is 0.162 e. The molecule has 1 atom stereocenters. The van der Waals surface area contributed by atoms with Crippen molar-refractivity contribution in [2.75, 3.05) is 19.0 Å². The van der Waals surface area contributed by atoms with E-state index in [1.54, 1.807) is 7.11 Å². The van der Waals surface area contributed by atoms with Gasteiger partial charge in [0, 0.05) is 24.9 Å². The zero-order valence-electron chi connectivity index (χ0n) is 13.1. The number of methoxy groups -OCH3 is 1. The largest absolute Gasteiger partial charge is 0.371 e. The van der Waals surface area contributed by atoms with Crippen LogP contribution in [0.5, 0.6) is 0 Å². The molecule has 0 radical (unpaired) electrons. The Morgan fingerprint density at radius 1 is 1.21 bits per heavy atom. The van der Waals surface area contributed by atoms with Crippen molar-refractivity contribution in [2.24, 2.45) is 0 Å². The monoisotopic (exact) mass is 265 g/mol. The van der Waals surface area contributed by atoms with E-state index in [0.29, 0.717) is 0 Å². The van der Waals surface area contributed by atoms with Crippen LogP contribution >= 0.6 is 0 Å². The molecule has 0 aromatic carbocycles. The molecule has 0 spiro atoms. The molecule has 1 N–H and O–H groups in total. The Morgan fingerprint density at radius 2 is 1.89 bits per heavy atom. The molecule has 0 bridgehead atoms. The van der Waals surface area contributed by atoms with Crippen LogP contribution in [0.2, 0.25) is 0 Å². The maximum atomic E-state index is 5.62. The summed E-state index contributed by atoms with van der Waals surface area (Å²) in [6.07, 6.45) is 2.84. The van der Waals surface area contributed by atoms with Crippen molar-refractivity contribution in [1.29, 1.82) is 0 Å². The Kier molecular flexibility index (Phi) is 5.73. The van der Waals surface area contributed by atoms with Crippen molar-refractivity contribution >= 4 is 5.82 Å². The number of nitrogens with zero attached hydrogens (tertiary/aromatic N) is 2. The average Bonchev–Trinajstić information content (AvgIpc) is 2.45. The zero-order valence-corrected chi connectivity index (χ0v) is 13.1. The van der Waals surface area contributed by atoms with Crippen LogP contribution in [0.3, 0.4) is 0 Å². The molecule has 1 aromatic rings. The molecule has 0 aliphatic carbocycles. The molecule has 0 amide bonds. The van der Waals surface area contributed by atoms with Gasteiger partial charge in [-0.25, -0.2) is 9.97 Å². The summed E-state index contributed by atoms with van der Waals surface area (Å²) < 4.78 is 5.62. The zero-order chi connectivity index (χ0) is 14.5. The standard InChI is InChI=1S/C15H27N3O/c1-7-10-16-13-11(4)12(8-2)17-14(18-13)15(5,9-3)19-6/h7-10H2,1-6H3,(H,16,17,18). The van der Waals surface area contributed by atoms with Gasteiger partial charge in [-0.3, -0.25) is 0 Å². The van der Waals surface area contributed by atoms with Crippen LogP contribution in [0.25, 0.3) is 0 Å². The van der Waals surface area contributed by atoms with Crippen LogP contribution in [-0.4, -0.2) is 23.6 Å². The summed E-state index contributed by atoms with van der Waals surface area (Å²) in [5, 5.41) is 3.39. The van der Waals surface area contributed by atoms with E-state index in [2.05, 4.69) is 38.0 Å². The van der Waals surface area contributed by atoms with Gasteiger partial charge >= 0.3 is 0 Å². The second kappa shape index (κ2) is 6.85. The molecule has 4 nitrogen and oxygen atoms in total. The predicted octanol–water partition coefficient (Wildman–Crippen LogP) is 3.44. The number of hydrogen-bond donors (Lipinski definition) is 1. The smallest absolute Gasteiger partial charge is 0.162 e. The quantitative estimate of drug-likeness (QED) is 0.820. The van der Waals surface area contributed by atoms with Crippen molar-refractivity contribution in [1.82, 2.24) is 9.97 Å². The number of nitrogens with one attached hydrogen (secondary N) is 1. The number of ether oxygens (including phenoxy) is 1. The summed E-state index contributed by atoms with van der Waals surface area (Å²) in [6, 6.07) is 0. The van der Waals surface area contributed by atoms with Gasteiger partial charge < -0.3 is 10.1 Å². The summed E-state index contributed by atoms with van der Waals surface area (Å²) in [5.41, 5.74) is 1.83. The molecule has 0 saturated carbocycles. The molecule has 1 aromatic heterocycles. The van der Waals surface area contributed by atoms with E-state index < -0.39 is 5.60 Å². The van der Waals surface area contributed by atoms with E-state index in [-0.39, 0.29) is 0 Å². The predicted molar refractivity (Wildman–Crippen MR) is 79.6 cm³/mol. The highest BCUT2D eigenvalue weighted by Crippen LogP contribution is 2.28. The first-order chi connectivity index (χ1) is 9.02. The molecule has 19 heavy (non-hydrogen) atoms. The van der Waals surface area contributed by atoms with E-state index in [1.807, 2.05) is 6.92 Å². The molecule has 1 rings (SSSR count). The Bertz CT molecular complexity index is 414. The van der Waals surface area contributed by atoms with Gasteiger partial charge in [-0.2, -0.15) is 0 Å². The van der Waals surface area contributed by atoms with Gasteiger partial charge in [-0.15, -0.1) is 0 Å². The lowest BCUT2D eigenvalue weighted by Crippen LogP contribution is -2.27. The minimum atomic E-state index is -0.416. The van der Waals surface area contributed by atoms with Gasteiger partial charge in [0.2, 0.25) is 0 Å². The van der Waals surface area contributed by atoms with E-state index in [1.165, 1.54) is 0 Å². The number of hydrogen-bond acceptors (Lipinski definition) is 4. The molecular weight excluding hydrogens is 238 g/mol. The Labute approximate surface area is 117 Å². The lowest BCUT2D eigenvalue weighted by Gasteiger charge is -2.26. The van der Waals surface area contributed by atoms with Crippen molar-refractivity contribution in [3.8, 4) is 0 Å². The van der Waals surface area contributed by atoms with E-state index in [9.17, 15) is 0 Å². The van der Waals surface area contributed by atoms with Crippen molar-refractivity contribution < 1.29 is 4.74 Å². The van der Waals surface area contributed by atoms with Gasteiger partial charge in [0.25, 0.3) is 0 Å². The van der Waals surface area contributed by atoms with Crippen molar-refractivity contribution in [3.05, 3.63) is 17.1 Å². The number of aryl methyl sites for hydroxylation is 1. The fourth-order valence-corrected chi connectivity index (χ4v) is 1.95. The highest BCUT2D eigenvalue weighted by Gasteiger charge is 2.28. The first kappa shape index (κ1) is 15.9. The van der Waals surface area contributed by atoms with E-state index >= 15 is 0 Å². The first-order valence-electron chi connectivity index (χ1n) is 7.19. The summed E-state index contributed by atoms with van der Waals surface area (Å²) in [4.78, 5) is 9.38. The lowest BCUT2D eigenvalue weighted by molar-refractivity contribution is -0.00905. The third-order valence-corrected chi connectivity index (χ3v) is 3.72. The molecular formula is C15H27N3O. The second-order valence-corrected chi connectivity index (χ2v) is 5.04. The van der Waals surface area contributed by atoms with Crippen LogP contribution in [-0.2, 0) is 16.8 Å². The van der Waals surface area contributed by atoms with Crippen LogP contribution in [0, 0.1) is 6.92 Å². The van der Waals surface area contributed by atoms with Gasteiger partial charge in [0.05, 0.1) is 0 Å². The summed E-state index contributed by atoms with van der Waals surface area (Å²) in [6.45, 7) is 11.4. The van der Waals surface area contributed by atoms with Gasteiger partial charge in [-0.05, 0) is 33.1 Å². The topological polar surface area (TPSA) is 47.0 Å². The van der Waals surface area contributed by atoms with Gasteiger partial charge in [-0.1, -0.05) is 20.8 Å². The van der Waals surface area contributed by atoms with E-state index in [4.69, 9.17) is 9.72 Å². The Balaban J connectivity index is 3.26. The molecule has 0 aliphatic rings. The van der Waals surface area contributed by atoms with Crippen LogP contribution in [0.4, 0.5) is 5.82 Å². The minimum absolute atomic E-state index is 0.416. The Morgan fingerprint density at radius 3 is 2.37 bits per heavy atom. The normalized spacial score (nSPS) is 14.2. The van der Waals surface area contributed by atoms with Crippen molar-refractivity contribution in [2.45, 2.75) is 59.5 Å². The van der Waals surface area contributed by atoms with E-state index in [0.717, 1.165) is 48.7 Å². The van der Waals surface area contributed by atoms with Crippen LogP contribution in [0.1, 0.15) is 57.6 Å². The highest BCUT2D eigenvalue weighted by molar-refractivity contribution is 5.46. The second-order valence-electron chi connectivity index (χ2n) is 5.04. The Hall–Kier alpha value is -1.16.